The summed E-state index contributed by atoms with van der Waals surface area (Å²) in [5.74, 6) is -0.691. The number of hydrogen-bond donors (Lipinski definition) is 2. The molecule has 0 aromatic heterocycles. The van der Waals surface area contributed by atoms with Crippen LogP contribution >= 0.6 is 11.6 Å². The number of amides is 2. The molecule has 0 radical (unpaired) electrons. The van der Waals surface area contributed by atoms with Gasteiger partial charge >= 0.3 is 0 Å². The molecule has 0 heterocycles. The standard InChI is InChI=1S/C31H29ClN4O5S/c1-21-9-16-27(17-10-21)42(39,40)36(28-19-25(32)13-18-29(28)41-3)20-30(37)35-34-22(2)23-11-14-26(15-12-23)33-31(38)24-7-5-4-6-8-24/h4-19H,20H2,1-3H3,(H,33,38)(H,35,37)/b34-22-. The molecule has 4 aromatic rings. The highest BCUT2D eigenvalue weighted by Gasteiger charge is 2.29. The maximum atomic E-state index is 13.7. The van der Waals surface area contributed by atoms with E-state index < -0.39 is 22.5 Å². The Morgan fingerprint density at radius 2 is 1.57 bits per heavy atom. The second-order valence-corrected chi connectivity index (χ2v) is 11.6. The Hall–Kier alpha value is -4.67. The first-order valence-corrected chi connectivity index (χ1v) is 14.6. The van der Waals surface area contributed by atoms with Gasteiger partial charge in [-0.05, 0) is 74.0 Å². The Kier molecular flexibility index (Phi) is 9.61. The molecule has 0 saturated heterocycles. The first-order valence-electron chi connectivity index (χ1n) is 12.8. The van der Waals surface area contributed by atoms with Crippen LogP contribution in [0.1, 0.15) is 28.4 Å². The van der Waals surface area contributed by atoms with E-state index in [0.717, 1.165) is 9.87 Å². The minimum absolute atomic E-state index is 0.00190. The summed E-state index contributed by atoms with van der Waals surface area (Å²) in [6.07, 6.45) is 0. The van der Waals surface area contributed by atoms with Crippen molar-refractivity contribution in [2.75, 3.05) is 23.3 Å². The molecule has 2 N–H and O–H groups in total. The van der Waals surface area contributed by atoms with Crippen LogP contribution in [-0.2, 0) is 14.8 Å². The Morgan fingerprint density at radius 1 is 0.905 bits per heavy atom. The molecule has 2 amide bonds. The lowest BCUT2D eigenvalue weighted by Crippen LogP contribution is -2.40. The highest BCUT2D eigenvalue weighted by Crippen LogP contribution is 2.34. The van der Waals surface area contributed by atoms with Crippen LogP contribution in [0.3, 0.4) is 0 Å². The number of nitrogens with zero attached hydrogens (tertiary/aromatic N) is 2. The van der Waals surface area contributed by atoms with Gasteiger partial charge in [0.25, 0.3) is 21.8 Å². The summed E-state index contributed by atoms with van der Waals surface area (Å²) in [5.41, 5.74) is 5.71. The molecule has 4 aromatic carbocycles. The minimum Gasteiger partial charge on any atom is -0.495 e. The van der Waals surface area contributed by atoms with Gasteiger partial charge in [-0.1, -0.05) is 59.6 Å². The summed E-state index contributed by atoms with van der Waals surface area (Å²) >= 11 is 6.19. The van der Waals surface area contributed by atoms with E-state index in [4.69, 9.17) is 16.3 Å². The number of rotatable bonds is 10. The van der Waals surface area contributed by atoms with Gasteiger partial charge in [0, 0.05) is 16.3 Å². The average Bonchev–Trinajstić information content (AvgIpc) is 2.99. The van der Waals surface area contributed by atoms with E-state index in [-0.39, 0.29) is 27.3 Å². The fourth-order valence-electron chi connectivity index (χ4n) is 3.96. The van der Waals surface area contributed by atoms with Gasteiger partial charge in [-0.15, -0.1) is 0 Å². The largest absolute Gasteiger partial charge is 0.495 e. The zero-order chi connectivity index (χ0) is 30.3. The Bertz CT molecular complexity index is 1710. The molecule has 42 heavy (non-hydrogen) atoms. The number of carbonyl (C=O) groups is 2. The van der Waals surface area contributed by atoms with Crippen molar-refractivity contribution in [1.29, 1.82) is 0 Å². The van der Waals surface area contributed by atoms with Crippen molar-refractivity contribution in [3.63, 3.8) is 0 Å². The fourth-order valence-corrected chi connectivity index (χ4v) is 5.55. The molecule has 216 valence electrons. The van der Waals surface area contributed by atoms with Gasteiger partial charge in [-0.3, -0.25) is 13.9 Å². The van der Waals surface area contributed by atoms with Gasteiger partial charge in [0.2, 0.25) is 0 Å². The third kappa shape index (κ3) is 7.34. The van der Waals surface area contributed by atoms with Gasteiger partial charge in [0.15, 0.2) is 0 Å². The number of carbonyl (C=O) groups excluding carboxylic acids is 2. The van der Waals surface area contributed by atoms with E-state index in [0.29, 0.717) is 22.5 Å². The SMILES string of the molecule is COc1ccc(Cl)cc1N(CC(=O)N/N=C(/C)c1ccc(NC(=O)c2ccccc2)cc1)S(=O)(=O)c1ccc(C)cc1. The molecule has 0 aliphatic heterocycles. The zero-order valence-electron chi connectivity index (χ0n) is 23.2. The number of hydrogen-bond acceptors (Lipinski definition) is 6. The van der Waals surface area contributed by atoms with Crippen molar-refractivity contribution in [2.24, 2.45) is 5.10 Å². The number of benzene rings is 4. The van der Waals surface area contributed by atoms with Crippen molar-refractivity contribution in [3.8, 4) is 5.75 Å². The molecule has 0 unspecified atom stereocenters. The van der Waals surface area contributed by atoms with Crippen LogP contribution in [0, 0.1) is 6.92 Å². The fraction of sp³-hybridized carbons (Fsp3) is 0.129. The van der Waals surface area contributed by atoms with Crippen molar-refractivity contribution in [2.45, 2.75) is 18.7 Å². The molecule has 0 bridgehead atoms. The van der Waals surface area contributed by atoms with E-state index in [1.54, 1.807) is 73.7 Å². The van der Waals surface area contributed by atoms with Crippen molar-refractivity contribution in [1.82, 2.24) is 5.43 Å². The molecule has 0 aliphatic carbocycles. The summed E-state index contributed by atoms with van der Waals surface area (Å²) < 4.78 is 33.7. The summed E-state index contributed by atoms with van der Waals surface area (Å²) in [6.45, 7) is 2.95. The van der Waals surface area contributed by atoms with Gasteiger partial charge in [-0.2, -0.15) is 5.10 Å². The first-order chi connectivity index (χ1) is 20.1. The van der Waals surface area contributed by atoms with E-state index >= 15 is 0 Å². The smallest absolute Gasteiger partial charge is 0.264 e. The van der Waals surface area contributed by atoms with E-state index in [2.05, 4.69) is 15.8 Å². The van der Waals surface area contributed by atoms with Crippen LogP contribution in [0.15, 0.2) is 107 Å². The van der Waals surface area contributed by atoms with Gasteiger partial charge in [-0.25, -0.2) is 13.8 Å². The molecule has 0 saturated carbocycles. The lowest BCUT2D eigenvalue weighted by Gasteiger charge is -2.25. The monoisotopic (exact) mass is 604 g/mol. The molecule has 0 atom stereocenters. The molecule has 0 spiro atoms. The predicted molar refractivity (Wildman–Crippen MR) is 165 cm³/mol. The lowest BCUT2D eigenvalue weighted by atomic mass is 10.1. The van der Waals surface area contributed by atoms with Crippen LogP contribution < -0.4 is 19.8 Å². The van der Waals surface area contributed by atoms with Crippen LogP contribution in [0.2, 0.25) is 5.02 Å². The maximum Gasteiger partial charge on any atom is 0.264 e. The predicted octanol–water partition coefficient (Wildman–Crippen LogP) is 5.65. The third-order valence-electron chi connectivity index (χ3n) is 6.25. The van der Waals surface area contributed by atoms with Crippen LogP contribution in [0.4, 0.5) is 11.4 Å². The Morgan fingerprint density at radius 3 is 2.21 bits per heavy atom. The summed E-state index contributed by atoms with van der Waals surface area (Å²) in [4.78, 5) is 25.4. The van der Waals surface area contributed by atoms with Crippen molar-refractivity contribution in [3.05, 3.63) is 119 Å². The van der Waals surface area contributed by atoms with Crippen LogP contribution in [0.25, 0.3) is 0 Å². The Labute approximate surface area is 249 Å². The number of sulfonamides is 1. The topological polar surface area (TPSA) is 117 Å². The molecule has 0 fully saturated rings. The second-order valence-electron chi connectivity index (χ2n) is 9.27. The highest BCUT2D eigenvalue weighted by molar-refractivity contribution is 7.92. The number of nitrogens with one attached hydrogen (secondary N) is 2. The molecule has 11 heteroatoms. The number of aryl methyl sites for hydroxylation is 1. The lowest BCUT2D eigenvalue weighted by molar-refractivity contribution is -0.119. The number of halogens is 1. The highest BCUT2D eigenvalue weighted by atomic mass is 35.5. The number of ether oxygens (including phenoxy) is 1. The van der Waals surface area contributed by atoms with Gasteiger partial charge in [0.1, 0.15) is 12.3 Å². The molecule has 0 aliphatic rings. The number of anilines is 2. The zero-order valence-corrected chi connectivity index (χ0v) is 24.7. The quantitative estimate of drug-likeness (QED) is 0.179. The van der Waals surface area contributed by atoms with Gasteiger partial charge in [0.05, 0.1) is 23.4 Å². The average molecular weight is 605 g/mol. The van der Waals surface area contributed by atoms with Crippen LogP contribution in [-0.4, -0.2) is 39.6 Å². The maximum absolute atomic E-state index is 13.7. The first kappa shape index (κ1) is 30.3. The second kappa shape index (κ2) is 13.3. The summed E-state index contributed by atoms with van der Waals surface area (Å²) in [6, 6.07) is 26.6. The molecule has 4 rings (SSSR count). The van der Waals surface area contributed by atoms with E-state index in [9.17, 15) is 18.0 Å². The summed E-state index contributed by atoms with van der Waals surface area (Å²) in [7, 11) is -2.79. The number of methoxy groups -OCH3 is 1. The van der Waals surface area contributed by atoms with Crippen molar-refractivity contribution >= 4 is 50.5 Å². The normalized spacial score (nSPS) is 11.5. The van der Waals surface area contributed by atoms with Gasteiger partial charge < -0.3 is 10.1 Å². The molecular formula is C31H29ClN4O5S. The summed E-state index contributed by atoms with van der Waals surface area (Å²) in [5, 5.41) is 7.25. The number of hydrazone groups is 1. The van der Waals surface area contributed by atoms with E-state index in [1.165, 1.54) is 31.4 Å². The molecular weight excluding hydrogens is 576 g/mol. The Balaban J connectivity index is 1.51. The third-order valence-corrected chi connectivity index (χ3v) is 8.26. The van der Waals surface area contributed by atoms with E-state index in [1.807, 2.05) is 13.0 Å². The van der Waals surface area contributed by atoms with Crippen molar-refractivity contribution < 1.29 is 22.7 Å². The minimum atomic E-state index is -4.19. The van der Waals surface area contributed by atoms with Crippen LogP contribution in [0.5, 0.6) is 5.75 Å². The molecule has 9 nitrogen and oxygen atoms in total.